The predicted molar refractivity (Wildman–Crippen MR) is 78.8 cm³/mol. The van der Waals surface area contributed by atoms with Crippen molar-refractivity contribution in [1.29, 1.82) is 0 Å². The summed E-state index contributed by atoms with van der Waals surface area (Å²) in [6.45, 7) is 2.75. The molecule has 0 fully saturated rings. The Hall–Kier alpha value is -2.25. The van der Waals surface area contributed by atoms with Crippen molar-refractivity contribution in [2.75, 3.05) is 20.3 Å². The van der Waals surface area contributed by atoms with E-state index in [4.69, 9.17) is 4.74 Å². The van der Waals surface area contributed by atoms with Crippen LogP contribution >= 0.6 is 0 Å². The number of aromatic nitrogens is 5. The standard InChI is InChI=1S/C14H18N6O/c1-21-7-6-15-8-11-9-20(19-18-11)10-14-16-12-4-2-3-5-13(12)17-14/h2-5,9,15H,6-8,10H2,1H3,(H,16,17). The van der Waals surface area contributed by atoms with Crippen LogP contribution in [0.3, 0.4) is 0 Å². The Bertz CT molecular complexity index is 671. The van der Waals surface area contributed by atoms with E-state index in [0.29, 0.717) is 19.7 Å². The van der Waals surface area contributed by atoms with Crippen LogP contribution in [0.2, 0.25) is 0 Å². The number of imidazole rings is 1. The summed E-state index contributed by atoms with van der Waals surface area (Å²) in [5.74, 6) is 0.875. The highest BCUT2D eigenvalue weighted by atomic mass is 16.5. The molecule has 2 aromatic heterocycles. The zero-order chi connectivity index (χ0) is 14.5. The Morgan fingerprint density at radius 1 is 1.33 bits per heavy atom. The lowest BCUT2D eigenvalue weighted by molar-refractivity contribution is 0.199. The van der Waals surface area contributed by atoms with Crippen molar-refractivity contribution in [1.82, 2.24) is 30.3 Å². The molecule has 110 valence electrons. The Morgan fingerprint density at radius 2 is 2.24 bits per heavy atom. The van der Waals surface area contributed by atoms with Gasteiger partial charge in [0.05, 0.1) is 29.5 Å². The maximum atomic E-state index is 4.98. The quantitative estimate of drug-likeness (QED) is 0.632. The van der Waals surface area contributed by atoms with Crippen LogP contribution in [0.25, 0.3) is 11.0 Å². The summed E-state index contributed by atoms with van der Waals surface area (Å²) in [5, 5.41) is 11.5. The van der Waals surface area contributed by atoms with Gasteiger partial charge in [0.2, 0.25) is 0 Å². The number of H-pyrrole nitrogens is 1. The fourth-order valence-corrected chi connectivity index (χ4v) is 2.12. The minimum Gasteiger partial charge on any atom is -0.383 e. The topological polar surface area (TPSA) is 80.6 Å². The van der Waals surface area contributed by atoms with E-state index < -0.39 is 0 Å². The summed E-state index contributed by atoms with van der Waals surface area (Å²) in [4.78, 5) is 7.81. The molecular formula is C14H18N6O. The lowest BCUT2D eigenvalue weighted by atomic mass is 10.3. The number of nitrogens with zero attached hydrogens (tertiary/aromatic N) is 4. The van der Waals surface area contributed by atoms with E-state index in [1.165, 1.54) is 0 Å². The van der Waals surface area contributed by atoms with Gasteiger partial charge in [-0.25, -0.2) is 9.67 Å². The van der Waals surface area contributed by atoms with E-state index in [9.17, 15) is 0 Å². The van der Waals surface area contributed by atoms with E-state index in [0.717, 1.165) is 29.1 Å². The number of nitrogens with one attached hydrogen (secondary N) is 2. The van der Waals surface area contributed by atoms with Crippen LogP contribution in [0.15, 0.2) is 30.5 Å². The van der Waals surface area contributed by atoms with Gasteiger partial charge in [0.1, 0.15) is 12.4 Å². The molecule has 0 amide bonds. The van der Waals surface area contributed by atoms with Gasteiger partial charge >= 0.3 is 0 Å². The van der Waals surface area contributed by atoms with Crippen molar-refractivity contribution in [2.45, 2.75) is 13.1 Å². The summed E-state index contributed by atoms with van der Waals surface area (Å²) in [5.41, 5.74) is 2.91. The lowest BCUT2D eigenvalue weighted by Gasteiger charge is -1.99. The minimum atomic E-state index is 0.583. The highest BCUT2D eigenvalue weighted by Gasteiger charge is 2.05. The minimum absolute atomic E-state index is 0.583. The number of fused-ring (bicyclic) bond motifs is 1. The molecule has 0 saturated heterocycles. The largest absolute Gasteiger partial charge is 0.383 e. The first-order valence-corrected chi connectivity index (χ1v) is 6.87. The number of hydrogen-bond donors (Lipinski definition) is 2. The summed E-state index contributed by atoms with van der Waals surface area (Å²) in [7, 11) is 1.69. The van der Waals surface area contributed by atoms with Crippen LogP contribution < -0.4 is 5.32 Å². The fourth-order valence-electron chi connectivity index (χ4n) is 2.12. The Balaban J connectivity index is 1.61. The number of benzene rings is 1. The molecule has 0 unspecified atom stereocenters. The highest BCUT2D eigenvalue weighted by Crippen LogP contribution is 2.10. The van der Waals surface area contributed by atoms with Crippen LogP contribution in [0.4, 0.5) is 0 Å². The van der Waals surface area contributed by atoms with Crippen LogP contribution in [0.5, 0.6) is 0 Å². The zero-order valence-electron chi connectivity index (χ0n) is 11.9. The summed E-state index contributed by atoms with van der Waals surface area (Å²) >= 11 is 0. The van der Waals surface area contributed by atoms with Gasteiger partial charge in [-0.05, 0) is 12.1 Å². The molecule has 0 radical (unpaired) electrons. The third-order valence-electron chi connectivity index (χ3n) is 3.13. The number of aromatic amines is 1. The van der Waals surface area contributed by atoms with E-state index in [-0.39, 0.29) is 0 Å². The third kappa shape index (κ3) is 3.45. The van der Waals surface area contributed by atoms with E-state index in [2.05, 4.69) is 25.6 Å². The maximum Gasteiger partial charge on any atom is 0.129 e. The summed E-state index contributed by atoms with van der Waals surface area (Å²) in [6, 6.07) is 7.97. The molecular weight excluding hydrogens is 268 g/mol. The van der Waals surface area contributed by atoms with E-state index in [1.54, 1.807) is 11.8 Å². The van der Waals surface area contributed by atoms with Crippen molar-refractivity contribution in [3.05, 3.63) is 42.0 Å². The monoisotopic (exact) mass is 286 g/mol. The molecule has 3 aromatic rings. The van der Waals surface area contributed by atoms with Crippen molar-refractivity contribution < 1.29 is 4.74 Å². The van der Waals surface area contributed by atoms with Crippen molar-refractivity contribution in [2.24, 2.45) is 0 Å². The smallest absolute Gasteiger partial charge is 0.129 e. The van der Waals surface area contributed by atoms with Crippen LogP contribution in [0, 0.1) is 0 Å². The molecule has 2 heterocycles. The first-order chi connectivity index (χ1) is 10.3. The maximum absolute atomic E-state index is 4.98. The third-order valence-corrected chi connectivity index (χ3v) is 3.13. The highest BCUT2D eigenvalue weighted by molar-refractivity contribution is 5.74. The molecule has 1 aromatic carbocycles. The van der Waals surface area contributed by atoms with Gasteiger partial charge in [0.25, 0.3) is 0 Å². The van der Waals surface area contributed by atoms with Crippen LogP contribution in [-0.2, 0) is 17.8 Å². The van der Waals surface area contributed by atoms with Gasteiger partial charge in [-0.15, -0.1) is 5.10 Å². The number of rotatable bonds is 7. The van der Waals surface area contributed by atoms with Crippen LogP contribution in [-0.4, -0.2) is 45.2 Å². The number of hydrogen-bond acceptors (Lipinski definition) is 5. The molecule has 7 heteroatoms. The molecule has 0 aliphatic heterocycles. The first-order valence-electron chi connectivity index (χ1n) is 6.87. The van der Waals surface area contributed by atoms with Gasteiger partial charge in [0.15, 0.2) is 0 Å². The molecule has 0 saturated carbocycles. The molecule has 2 N–H and O–H groups in total. The number of para-hydroxylation sites is 2. The van der Waals surface area contributed by atoms with Crippen molar-refractivity contribution in [3.63, 3.8) is 0 Å². The zero-order valence-corrected chi connectivity index (χ0v) is 11.9. The van der Waals surface area contributed by atoms with Gasteiger partial charge in [-0.2, -0.15) is 0 Å². The second-order valence-corrected chi connectivity index (χ2v) is 4.78. The predicted octanol–water partition coefficient (Wildman–Crippen LogP) is 0.939. The average Bonchev–Trinajstić information content (AvgIpc) is 3.10. The Morgan fingerprint density at radius 3 is 3.10 bits per heavy atom. The van der Waals surface area contributed by atoms with Gasteiger partial charge in [0, 0.05) is 20.2 Å². The van der Waals surface area contributed by atoms with Crippen molar-refractivity contribution in [3.8, 4) is 0 Å². The molecule has 7 nitrogen and oxygen atoms in total. The second kappa shape index (κ2) is 6.47. The molecule has 21 heavy (non-hydrogen) atoms. The van der Waals surface area contributed by atoms with Gasteiger partial charge in [-0.1, -0.05) is 17.3 Å². The Kier molecular flexibility index (Phi) is 4.23. The second-order valence-electron chi connectivity index (χ2n) is 4.78. The molecule has 0 spiro atoms. The van der Waals surface area contributed by atoms with Crippen LogP contribution in [0.1, 0.15) is 11.5 Å². The number of ether oxygens (including phenoxy) is 1. The first kappa shape index (κ1) is 13.7. The molecule has 0 bridgehead atoms. The van der Waals surface area contributed by atoms with Gasteiger partial charge < -0.3 is 15.0 Å². The van der Waals surface area contributed by atoms with Gasteiger partial charge in [-0.3, -0.25) is 0 Å². The number of methoxy groups -OCH3 is 1. The lowest BCUT2D eigenvalue weighted by Crippen LogP contribution is -2.18. The normalized spacial score (nSPS) is 11.3. The molecule has 0 atom stereocenters. The summed E-state index contributed by atoms with van der Waals surface area (Å²) < 4.78 is 6.76. The molecule has 0 aliphatic rings. The SMILES string of the molecule is COCCNCc1cn(Cc2nc3ccccc3[nH]2)nn1. The Labute approximate surface area is 122 Å². The summed E-state index contributed by atoms with van der Waals surface area (Å²) in [6.07, 6.45) is 1.92. The van der Waals surface area contributed by atoms with Crippen molar-refractivity contribution >= 4 is 11.0 Å². The molecule has 3 rings (SSSR count). The van der Waals surface area contributed by atoms with E-state index >= 15 is 0 Å². The molecule has 0 aliphatic carbocycles. The fraction of sp³-hybridized carbons (Fsp3) is 0.357. The van der Waals surface area contributed by atoms with E-state index in [1.807, 2.05) is 30.5 Å². The average molecular weight is 286 g/mol.